The highest BCUT2D eigenvalue weighted by molar-refractivity contribution is 7.65. The molecule has 2 heterocycles. The van der Waals surface area contributed by atoms with E-state index in [1.807, 2.05) is 0 Å². The van der Waals surface area contributed by atoms with Gasteiger partial charge in [-0.2, -0.15) is 0 Å². The first-order chi connectivity index (χ1) is 12.9. The lowest BCUT2D eigenvalue weighted by Gasteiger charge is -2.15. The molecule has 0 aliphatic heterocycles. The van der Waals surface area contributed by atoms with E-state index in [9.17, 15) is 13.8 Å². The molecule has 0 spiro atoms. The number of rotatable bonds is 4. The number of nitrogens with zero attached hydrogens (tertiary/aromatic N) is 2. The Hall–Kier alpha value is -2.54. The van der Waals surface area contributed by atoms with Gasteiger partial charge < -0.3 is 14.9 Å². The van der Waals surface area contributed by atoms with Gasteiger partial charge in [-0.1, -0.05) is 0 Å². The molecule has 2 aromatic carbocycles. The maximum Gasteiger partial charge on any atom is 0.230 e. The van der Waals surface area contributed by atoms with Crippen molar-refractivity contribution < 1.29 is 18.6 Å². The monoisotopic (exact) mass is 403 g/mol. The maximum atomic E-state index is 14.7. The van der Waals surface area contributed by atoms with Crippen LogP contribution in [0.2, 0.25) is 0 Å². The fourth-order valence-electron chi connectivity index (χ4n) is 2.90. The molecule has 0 bridgehead atoms. The molecule has 0 aliphatic rings. The number of methoxy groups -OCH3 is 1. The van der Waals surface area contributed by atoms with Crippen molar-refractivity contribution in [2.45, 2.75) is 0 Å². The predicted octanol–water partition coefficient (Wildman–Crippen LogP) is 4.26. The number of halogens is 1. The van der Waals surface area contributed by atoms with Gasteiger partial charge in [-0.3, -0.25) is 9.55 Å². The number of hydrogen-bond donors (Lipinski definition) is 2. The Bertz CT molecular complexity index is 1220. The molecule has 9 heteroatoms. The van der Waals surface area contributed by atoms with E-state index in [2.05, 4.69) is 15.3 Å². The van der Waals surface area contributed by atoms with Crippen LogP contribution in [0.25, 0.3) is 21.1 Å². The van der Waals surface area contributed by atoms with E-state index in [1.165, 1.54) is 25.1 Å². The van der Waals surface area contributed by atoms with Crippen LogP contribution in [-0.4, -0.2) is 28.6 Å². The number of fused-ring (bicyclic) bond motifs is 2. The summed E-state index contributed by atoms with van der Waals surface area (Å²) in [6.07, 6.45) is 1.58. The summed E-state index contributed by atoms with van der Waals surface area (Å²) >= 11 is 1.37. The van der Waals surface area contributed by atoms with E-state index >= 15 is 0 Å². The van der Waals surface area contributed by atoms with E-state index in [0.29, 0.717) is 22.1 Å². The summed E-state index contributed by atoms with van der Waals surface area (Å²) in [5, 5.41) is 3.82. The number of thiazole rings is 1. The quantitative estimate of drug-likeness (QED) is 0.496. The van der Waals surface area contributed by atoms with Crippen LogP contribution in [0.5, 0.6) is 5.75 Å². The molecule has 0 fully saturated rings. The number of aromatic nitrogens is 2. The summed E-state index contributed by atoms with van der Waals surface area (Å²) in [6, 6.07) is 8.28. The highest BCUT2D eigenvalue weighted by atomic mass is 32.1. The zero-order valence-electron chi connectivity index (χ0n) is 14.4. The van der Waals surface area contributed by atoms with Crippen molar-refractivity contribution in [1.82, 2.24) is 9.97 Å². The maximum absolute atomic E-state index is 14.7. The Balaban J connectivity index is 1.88. The molecule has 1 atom stereocenters. The van der Waals surface area contributed by atoms with Crippen LogP contribution >= 0.6 is 18.7 Å². The molecule has 0 saturated carbocycles. The molecular weight excluding hydrogens is 388 g/mol. The van der Waals surface area contributed by atoms with E-state index < -0.39 is 13.2 Å². The van der Waals surface area contributed by atoms with E-state index in [-0.39, 0.29) is 16.7 Å². The van der Waals surface area contributed by atoms with Crippen molar-refractivity contribution >= 4 is 56.5 Å². The van der Waals surface area contributed by atoms with Crippen molar-refractivity contribution in [2.24, 2.45) is 0 Å². The lowest BCUT2D eigenvalue weighted by molar-refractivity contribution is 0.416. The molecule has 27 heavy (non-hydrogen) atoms. The van der Waals surface area contributed by atoms with E-state index in [4.69, 9.17) is 4.74 Å². The Morgan fingerprint density at radius 1 is 1.22 bits per heavy atom. The van der Waals surface area contributed by atoms with Gasteiger partial charge in [0, 0.05) is 30.0 Å². The minimum Gasteiger partial charge on any atom is -0.496 e. The molecule has 138 valence electrons. The van der Waals surface area contributed by atoms with Crippen molar-refractivity contribution in [2.75, 3.05) is 19.1 Å². The zero-order chi connectivity index (χ0) is 19.2. The summed E-state index contributed by atoms with van der Waals surface area (Å²) in [5.41, 5.74) is 3.29. The zero-order valence-corrected chi connectivity index (χ0v) is 16.1. The van der Waals surface area contributed by atoms with Crippen LogP contribution in [0.3, 0.4) is 0 Å². The first kappa shape index (κ1) is 17.9. The topological polar surface area (TPSA) is 84.3 Å². The van der Waals surface area contributed by atoms with Crippen molar-refractivity contribution in [3.05, 3.63) is 47.9 Å². The Morgan fingerprint density at radius 2 is 2.04 bits per heavy atom. The molecular formula is C18H15FN3O3PS. The number of pyridine rings is 1. The molecule has 0 radical (unpaired) electrons. The summed E-state index contributed by atoms with van der Waals surface area (Å²) in [6.45, 7) is 1.25. The summed E-state index contributed by atoms with van der Waals surface area (Å²) in [7, 11) is -2.14. The van der Waals surface area contributed by atoms with E-state index in [1.54, 1.807) is 42.0 Å². The van der Waals surface area contributed by atoms with Gasteiger partial charge >= 0.3 is 0 Å². The average Bonchev–Trinajstić information content (AvgIpc) is 3.12. The first-order valence-corrected chi connectivity index (χ1v) is 10.9. The molecule has 4 aromatic rings. The normalized spacial score (nSPS) is 13.6. The molecule has 0 amide bonds. The van der Waals surface area contributed by atoms with Gasteiger partial charge in [0.1, 0.15) is 11.3 Å². The highest BCUT2D eigenvalue weighted by Gasteiger charge is 2.22. The summed E-state index contributed by atoms with van der Waals surface area (Å²) in [5.74, 6) is -0.161. The van der Waals surface area contributed by atoms with Crippen LogP contribution in [0.4, 0.5) is 15.8 Å². The second-order valence-corrected chi connectivity index (χ2v) is 9.16. The lowest BCUT2D eigenvalue weighted by atomic mass is 10.1. The van der Waals surface area contributed by atoms with Gasteiger partial charge in [0.05, 0.1) is 33.8 Å². The first-order valence-electron chi connectivity index (χ1n) is 7.95. The van der Waals surface area contributed by atoms with Crippen molar-refractivity contribution in [3.63, 3.8) is 0 Å². The number of ether oxygens (including phenoxy) is 1. The Kier molecular flexibility index (Phi) is 4.34. The minimum atomic E-state index is -3.58. The second kappa shape index (κ2) is 6.56. The fourth-order valence-corrected chi connectivity index (χ4v) is 4.50. The largest absolute Gasteiger partial charge is 0.496 e. The van der Waals surface area contributed by atoms with Crippen LogP contribution < -0.4 is 15.4 Å². The van der Waals surface area contributed by atoms with Crippen LogP contribution in [0.1, 0.15) is 0 Å². The van der Waals surface area contributed by atoms with Gasteiger partial charge in [-0.25, -0.2) is 9.37 Å². The smallest absolute Gasteiger partial charge is 0.230 e. The molecule has 2 aromatic heterocycles. The van der Waals surface area contributed by atoms with E-state index in [0.717, 1.165) is 4.70 Å². The molecule has 4 rings (SSSR count). The van der Waals surface area contributed by atoms with Gasteiger partial charge in [0.2, 0.25) is 7.37 Å². The van der Waals surface area contributed by atoms with Gasteiger partial charge in [-0.05, 0) is 24.3 Å². The second-order valence-electron chi connectivity index (χ2n) is 6.03. The lowest BCUT2D eigenvalue weighted by Crippen LogP contribution is -2.09. The van der Waals surface area contributed by atoms with Crippen LogP contribution in [0.15, 0.2) is 42.0 Å². The third-order valence-electron chi connectivity index (χ3n) is 4.20. The minimum absolute atomic E-state index is 0.184. The Labute approximate surface area is 158 Å². The van der Waals surface area contributed by atoms with Crippen LogP contribution in [0, 0.1) is 5.82 Å². The summed E-state index contributed by atoms with van der Waals surface area (Å²) < 4.78 is 33.0. The molecule has 0 saturated heterocycles. The third kappa shape index (κ3) is 3.16. The van der Waals surface area contributed by atoms with Crippen LogP contribution in [-0.2, 0) is 4.57 Å². The van der Waals surface area contributed by atoms with Crippen molar-refractivity contribution in [3.8, 4) is 5.75 Å². The number of hydrogen-bond acceptors (Lipinski definition) is 6. The van der Waals surface area contributed by atoms with Gasteiger partial charge in [-0.15, -0.1) is 11.3 Å². The molecule has 0 aliphatic carbocycles. The SMILES string of the molecule is COc1cc2nccc(Nc3ccc4scnc4c3F)c2cc1P(C)(=O)O. The number of anilines is 2. The van der Waals surface area contributed by atoms with Gasteiger partial charge in [0.15, 0.2) is 5.82 Å². The third-order valence-corrected chi connectivity index (χ3v) is 6.24. The molecule has 1 unspecified atom stereocenters. The fraction of sp³-hybridized carbons (Fsp3) is 0.111. The molecule has 2 N–H and O–H groups in total. The van der Waals surface area contributed by atoms with Crippen molar-refractivity contribution in [1.29, 1.82) is 0 Å². The number of nitrogens with one attached hydrogen (secondary N) is 1. The average molecular weight is 403 g/mol. The van der Waals surface area contributed by atoms with Gasteiger partial charge in [0.25, 0.3) is 0 Å². The molecule has 6 nitrogen and oxygen atoms in total. The Morgan fingerprint density at radius 3 is 2.78 bits per heavy atom. The predicted molar refractivity (Wildman–Crippen MR) is 107 cm³/mol. The highest BCUT2D eigenvalue weighted by Crippen LogP contribution is 2.40. The standard InChI is InChI=1S/C18H15FN3O3PS/c1-25-14-8-13-10(7-15(14)26(2,23)24)11(5-6-20-13)22-12-3-4-16-18(17(12)19)21-9-27-16/h3-9H,1-2H3,(H,20,22)(H,23,24). The number of benzene rings is 2. The summed E-state index contributed by atoms with van der Waals surface area (Å²) in [4.78, 5) is 18.4.